The van der Waals surface area contributed by atoms with E-state index in [0.717, 1.165) is 13.1 Å². The van der Waals surface area contributed by atoms with Gasteiger partial charge in [0, 0.05) is 0 Å². The van der Waals surface area contributed by atoms with Crippen molar-refractivity contribution < 1.29 is 5.48 Å². The smallest absolute Gasteiger partial charge is 0.0623 e. The Balaban J connectivity index is 3.01. The van der Waals surface area contributed by atoms with Crippen LogP contribution >= 0.6 is 0 Å². The fourth-order valence-electron chi connectivity index (χ4n) is 0.663. The molecule has 0 N–H and O–H groups in total. The molecule has 10 heavy (non-hydrogen) atoms. The average Bonchev–Trinajstić information content (AvgIpc) is 2.27. The van der Waals surface area contributed by atoms with Gasteiger partial charge in [0.05, 0.1) is 5.48 Å². The van der Waals surface area contributed by atoms with Crippen molar-refractivity contribution >= 4 is 12.1 Å². The number of hydrogen-bond donors (Lipinski definition) is 0. The van der Waals surface area contributed by atoms with Crippen LogP contribution in [0.5, 0.6) is 0 Å². The molecule has 0 aliphatic carbocycles. The molecule has 0 saturated carbocycles. The molecule has 50 valence electrons. The van der Waals surface area contributed by atoms with Gasteiger partial charge >= 0.3 is 0 Å². The number of rotatable bonds is 2. The van der Waals surface area contributed by atoms with E-state index >= 15 is 0 Å². The van der Waals surface area contributed by atoms with Crippen LogP contribution in [0.15, 0.2) is 37.4 Å². The highest BCUT2D eigenvalue weighted by atomic mass is 13.9. The van der Waals surface area contributed by atoms with Crippen molar-refractivity contribution in [2.24, 2.45) is 0 Å². The van der Waals surface area contributed by atoms with E-state index in [9.17, 15) is 0 Å². The first-order valence-electron chi connectivity index (χ1n) is 5.05. The second-order valence-electron chi connectivity index (χ2n) is 1.87. The summed E-state index contributed by atoms with van der Waals surface area (Å²) in [5.74, 6) is 0. The molecule has 1 aromatic rings. The highest BCUT2D eigenvalue weighted by Crippen LogP contribution is 2.05. The summed E-state index contributed by atoms with van der Waals surface area (Å²) in [5, 5.41) is 0. The molecule has 0 atom stereocenters. The first-order chi connectivity index (χ1) is 6.69. The molecule has 0 aliphatic heterocycles. The van der Waals surface area contributed by atoms with Gasteiger partial charge in [-0.3, -0.25) is 0 Å². The van der Waals surface area contributed by atoms with Crippen LogP contribution in [-0.2, 0) is 0 Å². The summed E-state index contributed by atoms with van der Waals surface area (Å²) in [5.41, 5.74) is 1.28. The Morgan fingerprint density at radius 3 is 1.80 bits per heavy atom. The first-order valence-corrected chi connectivity index (χ1v) is 2.90. The Morgan fingerprint density at radius 1 is 1.10 bits per heavy atom. The van der Waals surface area contributed by atoms with E-state index in [1.165, 1.54) is 0 Å². The maximum absolute atomic E-state index is 7.36. The summed E-state index contributed by atoms with van der Waals surface area (Å²) in [6.07, 6.45) is 0. The molecular weight excluding hydrogens is 120 g/mol. The van der Waals surface area contributed by atoms with Crippen LogP contribution in [-0.4, -0.2) is 0 Å². The van der Waals surface area contributed by atoms with Gasteiger partial charge in [0.2, 0.25) is 0 Å². The van der Waals surface area contributed by atoms with Gasteiger partial charge in [-0.1, -0.05) is 49.5 Å². The van der Waals surface area contributed by atoms with Crippen LogP contribution in [0.4, 0.5) is 0 Å². The number of hydrogen-bond acceptors (Lipinski definition) is 0. The van der Waals surface area contributed by atoms with Gasteiger partial charge in [0.1, 0.15) is 0 Å². The van der Waals surface area contributed by atoms with Gasteiger partial charge in [0.25, 0.3) is 0 Å². The summed E-state index contributed by atoms with van der Waals surface area (Å²) < 4.78 is 28.5. The van der Waals surface area contributed by atoms with Crippen molar-refractivity contribution in [3.63, 3.8) is 0 Å². The maximum atomic E-state index is 7.36. The van der Waals surface area contributed by atoms with Crippen molar-refractivity contribution in [1.29, 1.82) is 0 Å². The highest BCUT2D eigenvalue weighted by molar-refractivity contribution is 5.53. The van der Waals surface area contributed by atoms with Crippen LogP contribution in [0, 0.1) is 0 Å². The summed E-state index contributed by atoms with van der Waals surface area (Å²) in [7, 11) is 0. The Kier molecular flexibility index (Phi) is 0.966. The molecular formula is C10H10. The lowest BCUT2D eigenvalue weighted by atomic mass is 10.1. The zero-order valence-corrected chi connectivity index (χ0v) is 5.46. The van der Waals surface area contributed by atoms with Crippen LogP contribution in [0.25, 0.3) is 12.1 Å². The molecule has 0 nitrogen and oxygen atoms in total. The van der Waals surface area contributed by atoms with Gasteiger partial charge in [-0.05, 0) is 11.1 Å². The molecule has 1 aromatic carbocycles. The molecule has 1 rings (SSSR count). The van der Waals surface area contributed by atoms with E-state index in [4.69, 9.17) is 5.48 Å². The predicted octanol–water partition coefficient (Wildman–Crippen LogP) is 2.97. The third-order valence-corrected chi connectivity index (χ3v) is 1.22. The van der Waals surface area contributed by atoms with E-state index in [0.29, 0.717) is 11.1 Å². The monoisotopic (exact) mass is 134 g/mol. The minimum atomic E-state index is 0.137. The summed E-state index contributed by atoms with van der Waals surface area (Å²) >= 11 is 0. The topological polar surface area (TPSA) is 0 Å². The molecule has 0 aromatic heterocycles. The van der Waals surface area contributed by atoms with E-state index in [-0.39, 0.29) is 12.1 Å². The second-order valence-corrected chi connectivity index (χ2v) is 1.87. The predicted molar refractivity (Wildman–Crippen MR) is 46.6 cm³/mol. The average molecular weight is 134 g/mol. The molecule has 0 radical (unpaired) electrons. The lowest BCUT2D eigenvalue weighted by Crippen LogP contribution is -1.71. The van der Waals surface area contributed by atoms with Gasteiger partial charge < -0.3 is 0 Å². The van der Waals surface area contributed by atoms with Gasteiger partial charge in [-0.25, -0.2) is 0 Å². The zero-order chi connectivity index (χ0) is 10.6. The van der Waals surface area contributed by atoms with E-state index in [1.54, 1.807) is 24.3 Å². The molecule has 0 aliphatic rings. The minimum absolute atomic E-state index is 0.137. The molecule has 0 heteroatoms. The molecule has 0 fully saturated rings. The summed E-state index contributed by atoms with van der Waals surface area (Å²) in [6.45, 7) is 1.94. The third-order valence-electron chi connectivity index (χ3n) is 1.22. The quantitative estimate of drug-likeness (QED) is 0.583. The van der Waals surface area contributed by atoms with Crippen molar-refractivity contribution in [1.82, 2.24) is 0 Å². The van der Waals surface area contributed by atoms with Crippen LogP contribution in [0.2, 0.25) is 0 Å². The Bertz CT molecular complexity index is 325. The summed E-state index contributed by atoms with van der Waals surface area (Å²) in [6, 6.07) is 6.94. The standard InChI is InChI=1S/C10H10/c1-3-9-5-7-10(4-2)8-6-9/h3-8H,1-2H2/i1D,2D,3D,4D. The van der Waals surface area contributed by atoms with E-state index in [2.05, 4.69) is 0 Å². The normalized spacial score (nSPS) is 18.8. The van der Waals surface area contributed by atoms with Crippen LogP contribution in [0.1, 0.15) is 16.6 Å². The fraction of sp³-hybridized carbons (Fsp3) is 0. The van der Waals surface area contributed by atoms with Crippen molar-refractivity contribution in [3.05, 3.63) is 48.5 Å². The van der Waals surface area contributed by atoms with Gasteiger partial charge in [-0.2, -0.15) is 0 Å². The maximum Gasteiger partial charge on any atom is 0.0623 e. The van der Waals surface area contributed by atoms with Crippen molar-refractivity contribution in [3.8, 4) is 0 Å². The molecule has 0 spiro atoms. The zero-order valence-electron chi connectivity index (χ0n) is 9.46. The Morgan fingerprint density at radius 2 is 1.50 bits per heavy atom. The third kappa shape index (κ3) is 1.35. The molecule has 0 unspecified atom stereocenters. The Hall–Kier alpha value is -1.30. The number of benzene rings is 1. The minimum Gasteiger partial charge on any atom is -0.0985 e. The largest absolute Gasteiger partial charge is 0.0985 e. The molecule has 0 heterocycles. The van der Waals surface area contributed by atoms with E-state index < -0.39 is 0 Å². The van der Waals surface area contributed by atoms with Crippen molar-refractivity contribution in [2.45, 2.75) is 0 Å². The first kappa shape index (κ1) is 3.20. The summed E-state index contributed by atoms with van der Waals surface area (Å²) in [4.78, 5) is 0. The molecule has 0 saturated heterocycles. The lowest BCUT2D eigenvalue weighted by Gasteiger charge is -1.92. The van der Waals surface area contributed by atoms with Gasteiger partial charge in [0.15, 0.2) is 0 Å². The Labute approximate surface area is 67.1 Å². The second kappa shape index (κ2) is 3.02. The highest BCUT2D eigenvalue weighted by Gasteiger charge is 1.84. The lowest BCUT2D eigenvalue weighted by molar-refractivity contribution is 1.63. The van der Waals surface area contributed by atoms with Crippen molar-refractivity contribution in [2.75, 3.05) is 0 Å². The van der Waals surface area contributed by atoms with E-state index in [1.807, 2.05) is 0 Å². The fourth-order valence-corrected chi connectivity index (χ4v) is 0.663. The van der Waals surface area contributed by atoms with Crippen LogP contribution < -0.4 is 0 Å². The molecule has 0 bridgehead atoms. The molecule has 0 amide bonds. The van der Waals surface area contributed by atoms with Gasteiger partial charge in [-0.15, -0.1) is 0 Å². The van der Waals surface area contributed by atoms with Crippen LogP contribution in [0.3, 0.4) is 0 Å². The SMILES string of the molecule is [2H]C=C([2H])c1ccc(C([2H])=C[2H])cc1.